The molecule has 28 heavy (non-hydrogen) atoms. The number of thiophene rings is 1. The number of ether oxygens (including phenoxy) is 3. The first-order valence-electron chi connectivity index (χ1n) is 8.41. The molecule has 0 saturated carbocycles. The average molecular weight is 394 g/mol. The number of carbonyl (C=O) groups is 2. The summed E-state index contributed by atoms with van der Waals surface area (Å²) >= 11 is 1.31. The highest BCUT2D eigenvalue weighted by Crippen LogP contribution is 2.25. The van der Waals surface area contributed by atoms with Gasteiger partial charge in [0.05, 0.1) is 14.2 Å². The summed E-state index contributed by atoms with van der Waals surface area (Å²) in [5, 5.41) is 1.81. The molecular weight excluding hydrogens is 376 g/mol. The quantitative estimate of drug-likeness (QED) is 0.247. The van der Waals surface area contributed by atoms with Gasteiger partial charge in [-0.15, -0.1) is 11.3 Å². The Balaban J connectivity index is 1.69. The van der Waals surface area contributed by atoms with E-state index in [0.29, 0.717) is 27.7 Å². The molecule has 0 spiro atoms. The molecule has 0 saturated heterocycles. The normalized spacial score (nSPS) is 10.6. The van der Waals surface area contributed by atoms with E-state index >= 15 is 0 Å². The minimum absolute atomic E-state index is 0.180. The molecule has 3 aromatic rings. The second-order valence-corrected chi connectivity index (χ2v) is 6.64. The van der Waals surface area contributed by atoms with Gasteiger partial charge in [0, 0.05) is 11.1 Å². The van der Waals surface area contributed by atoms with E-state index in [4.69, 9.17) is 14.2 Å². The molecule has 0 amide bonds. The van der Waals surface area contributed by atoms with Crippen LogP contribution in [0.1, 0.15) is 25.6 Å². The van der Waals surface area contributed by atoms with Crippen molar-refractivity contribution in [3.63, 3.8) is 0 Å². The fourth-order valence-electron chi connectivity index (χ4n) is 2.47. The van der Waals surface area contributed by atoms with Crippen LogP contribution in [0.2, 0.25) is 0 Å². The summed E-state index contributed by atoms with van der Waals surface area (Å²) in [4.78, 5) is 24.9. The topological polar surface area (TPSA) is 61.8 Å². The van der Waals surface area contributed by atoms with Gasteiger partial charge >= 0.3 is 5.97 Å². The SMILES string of the molecule is COc1ccc(OC)c(/C=C/C(=O)c2ccc(OC(=O)c3cccs3)cc2)c1. The van der Waals surface area contributed by atoms with Gasteiger partial charge in [0.1, 0.15) is 22.1 Å². The van der Waals surface area contributed by atoms with Gasteiger partial charge in [-0.3, -0.25) is 4.79 Å². The standard InChI is InChI=1S/C22H18O5S/c1-25-18-10-12-20(26-2)16(14-18)7-11-19(23)15-5-8-17(9-6-15)27-22(24)21-4-3-13-28-21/h3-14H,1-2H3/b11-7+. The third-order valence-corrected chi connectivity index (χ3v) is 4.77. The zero-order valence-electron chi connectivity index (χ0n) is 15.4. The second-order valence-electron chi connectivity index (χ2n) is 5.70. The molecule has 0 aliphatic heterocycles. The van der Waals surface area contributed by atoms with Crippen molar-refractivity contribution in [3.8, 4) is 17.2 Å². The smallest absolute Gasteiger partial charge is 0.353 e. The van der Waals surface area contributed by atoms with Crippen LogP contribution in [0, 0.1) is 0 Å². The van der Waals surface area contributed by atoms with Gasteiger partial charge in [-0.05, 0) is 66.1 Å². The average Bonchev–Trinajstić information content (AvgIpc) is 3.27. The molecule has 2 aromatic carbocycles. The maximum Gasteiger partial charge on any atom is 0.353 e. The van der Waals surface area contributed by atoms with Gasteiger partial charge in [0.2, 0.25) is 0 Å². The van der Waals surface area contributed by atoms with Crippen LogP contribution in [0.15, 0.2) is 66.1 Å². The van der Waals surface area contributed by atoms with Crippen molar-refractivity contribution in [1.29, 1.82) is 0 Å². The van der Waals surface area contributed by atoms with Crippen LogP contribution >= 0.6 is 11.3 Å². The molecule has 142 valence electrons. The Morgan fingerprint density at radius 1 is 0.929 bits per heavy atom. The van der Waals surface area contributed by atoms with E-state index in [1.165, 1.54) is 17.4 Å². The predicted octanol–water partition coefficient (Wildman–Crippen LogP) is 4.88. The van der Waals surface area contributed by atoms with Crippen molar-refractivity contribution in [1.82, 2.24) is 0 Å². The van der Waals surface area contributed by atoms with E-state index < -0.39 is 5.97 Å². The zero-order chi connectivity index (χ0) is 19.9. The Labute approximate surface area is 166 Å². The Kier molecular flexibility index (Phi) is 6.24. The minimum atomic E-state index is -0.418. The van der Waals surface area contributed by atoms with E-state index in [9.17, 15) is 9.59 Å². The van der Waals surface area contributed by atoms with Gasteiger partial charge in [-0.1, -0.05) is 6.07 Å². The van der Waals surface area contributed by atoms with Crippen LogP contribution in [-0.2, 0) is 0 Å². The number of allylic oxidation sites excluding steroid dienone is 1. The summed E-state index contributed by atoms with van der Waals surface area (Å²) in [5.41, 5.74) is 1.21. The fraction of sp³-hybridized carbons (Fsp3) is 0.0909. The molecule has 5 nitrogen and oxygen atoms in total. The lowest BCUT2D eigenvalue weighted by atomic mass is 10.1. The molecule has 1 heterocycles. The fourth-order valence-corrected chi connectivity index (χ4v) is 3.07. The first-order valence-corrected chi connectivity index (χ1v) is 9.29. The lowest BCUT2D eigenvalue weighted by Crippen LogP contribution is -2.06. The summed E-state index contributed by atoms with van der Waals surface area (Å²) in [7, 11) is 3.14. The van der Waals surface area contributed by atoms with E-state index in [0.717, 1.165) is 5.56 Å². The number of rotatable bonds is 7. The van der Waals surface area contributed by atoms with Crippen LogP contribution < -0.4 is 14.2 Å². The van der Waals surface area contributed by atoms with Gasteiger partial charge in [0.15, 0.2) is 5.78 Å². The number of esters is 1. The Bertz CT molecular complexity index is 988. The lowest BCUT2D eigenvalue weighted by molar-refractivity contribution is 0.0740. The highest BCUT2D eigenvalue weighted by molar-refractivity contribution is 7.12. The Hall–Kier alpha value is -3.38. The van der Waals surface area contributed by atoms with Crippen molar-refractivity contribution in [3.05, 3.63) is 82.1 Å². The molecule has 0 bridgehead atoms. The number of methoxy groups -OCH3 is 2. The molecule has 6 heteroatoms. The van der Waals surface area contributed by atoms with E-state index in [1.54, 1.807) is 74.9 Å². The highest BCUT2D eigenvalue weighted by Gasteiger charge is 2.10. The van der Waals surface area contributed by atoms with Gasteiger partial charge in [-0.25, -0.2) is 4.79 Å². The van der Waals surface area contributed by atoms with Crippen LogP contribution in [0.25, 0.3) is 6.08 Å². The molecule has 1 aromatic heterocycles. The maximum absolute atomic E-state index is 12.4. The highest BCUT2D eigenvalue weighted by atomic mass is 32.1. The number of ketones is 1. The molecular formula is C22H18O5S. The van der Waals surface area contributed by atoms with Gasteiger partial charge in [0.25, 0.3) is 0 Å². The van der Waals surface area contributed by atoms with Gasteiger partial charge in [-0.2, -0.15) is 0 Å². The van der Waals surface area contributed by atoms with Crippen LogP contribution in [0.3, 0.4) is 0 Å². The van der Waals surface area contributed by atoms with Crippen molar-refractivity contribution >= 4 is 29.2 Å². The largest absolute Gasteiger partial charge is 0.497 e. The molecule has 0 radical (unpaired) electrons. The number of carbonyl (C=O) groups excluding carboxylic acids is 2. The molecule has 0 N–H and O–H groups in total. The minimum Gasteiger partial charge on any atom is -0.497 e. The maximum atomic E-state index is 12.4. The van der Waals surface area contributed by atoms with Crippen LogP contribution in [0.5, 0.6) is 17.2 Å². The van der Waals surface area contributed by atoms with E-state index in [2.05, 4.69) is 0 Å². The van der Waals surface area contributed by atoms with Crippen molar-refractivity contribution in [2.75, 3.05) is 14.2 Å². The summed E-state index contributed by atoms with van der Waals surface area (Å²) in [5.74, 6) is 1.10. The first kappa shape index (κ1) is 19.4. The third kappa shape index (κ3) is 4.66. The van der Waals surface area contributed by atoms with Crippen molar-refractivity contribution in [2.24, 2.45) is 0 Å². The van der Waals surface area contributed by atoms with Crippen molar-refractivity contribution in [2.45, 2.75) is 0 Å². The second kappa shape index (κ2) is 9.01. The molecule has 0 atom stereocenters. The van der Waals surface area contributed by atoms with Crippen molar-refractivity contribution < 1.29 is 23.8 Å². The zero-order valence-corrected chi connectivity index (χ0v) is 16.2. The summed E-state index contributed by atoms with van der Waals surface area (Å²) < 4.78 is 15.8. The third-order valence-electron chi connectivity index (χ3n) is 3.92. The molecule has 3 rings (SSSR count). The molecule has 0 fully saturated rings. The van der Waals surface area contributed by atoms with E-state index in [1.807, 2.05) is 5.38 Å². The summed E-state index contributed by atoms with van der Waals surface area (Å²) in [6.07, 6.45) is 3.14. The predicted molar refractivity (Wildman–Crippen MR) is 109 cm³/mol. The number of hydrogen-bond acceptors (Lipinski definition) is 6. The molecule has 0 aliphatic rings. The van der Waals surface area contributed by atoms with Gasteiger partial charge < -0.3 is 14.2 Å². The van der Waals surface area contributed by atoms with Crippen LogP contribution in [0.4, 0.5) is 0 Å². The monoisotopic (exact) mass is 394 g/mol. The van der Waals surface area contributed by atoms with Crippen LogP contribution in [-0.4, -0.2) is 26.0 Å². The summed E-state index contributed by atoms with van der Waals surface area (Å²) in [6, 6.07) is 15.3. The molecule has 0 aliphatic carbocycles. The summed E-state index contributed by atoms with van der Waals surface area (Å²) in [6.45, 7) is 0. The Morgan fingerprint density at radius 2 is 1.68 bits per heavy atom. The first-order chi connectivity index (χ1) is 13.6. The van der Waals surface area contributed by atoms with E-state index in [-0.39, 0.29) is 5.78 Å². The Morgan fingerprint density at radius 3 is 2.32 bits per heavy atom. The molecule has 0 unspecified atom stereocenters. The number of benzene rings is 2. The number of hydrogen-bond donors (Lipinski definition) is 0. The lowest BCUT2D eigenvalue weighted by Gasteiger charge is -2.07.